The molecule has 0 bridgehead atoms. The van der Waals surface area contributed by atoms with Crippen LogP contribution in [0.4, 0.5) is 0 Å². The number of furan rings is 1. The van der Waals surface area contributed by atoms with Crippen molar-refractivity contribution in [3.05, 3.63) is 29.7 Å². The molecule has 0 atom stereocenters. The first-order chi connectivity index (χ1) is 10.2. The first-order valence-corrected chi connectivity index (χ1v) is 7.31. The van der Waals surface area contributed by atoms with Crippen LogP contribution in [0.2, 0.25) is 0 Å². The number of methoxy groups -OCH3 is 1. The van der Waals surface area contributed by atoms with Crippen LogP contribution in [-0.2, 0) is 20.7 Å². The predicted molar refractivity (Wildman–Crippen MR) is 78.5 cm³/mol. The van der Waals surface area contributed by atoms with E-state index < -0.39 is 0 Å². The van der Waals surface area contributed by atoms with Gasteiger partial charge in [-0.15, -0.1) is 0 Å². The molecule has 1 aromatic rings. The van der Waals surface area contributed by atoms with Crippen LogP contribution in [0.1, 0.15) is 43.6 Å². The molecular formula is C16H21NO4. The summed E-state index contributed by atoms with van der Waals surface area (Å²) < 4.78 is 10.1. The Kier molecular flexibility index (Phi) is 5.60. The van der Waals surface area contributed by atoms with Crippen molar-refractivity contribution in [3.8, 4) is 0 Å². The van der Waals surface area contributed by atoms with Gasteiger partial charge in [-0.05, 0) is 31.1 Å². The monoisotopic (exact) mass is 291 g/mol. The van der Waals surface area contributed by atoms with Gasteiger partial charge in [-0.3, -0.25) is 9.59 Å². The van der Waals surface area contributed by atoms with Crippen LogP contribution in [0.3, 0.4) is 0 Å². The van der Waals surface area contributed by atoms with Gasteiger partial charge in [0, 0.05) is 18.5 Å². The van der Waals surface area contributed by atoms with Crippen molar-refractivity contribution < 1.29 is 18.7 Å². The summed E-state index contributed by atoms with van der Waals surface area (Å²) in [4.78, 5) is 22.8. The second-order valence-electron chi connectivity index (χ2n) is 5.20. The zero-order valence-corrected chi connectivity index (χ0v) is 12.3. The Morgan fingerprint density at radius 2 is 2.14 bits per heavy atom. The maximum atomic E-state index is 11.7. The third kappa shape index (κ3) is 5.10. The highest BCUT2D eigenvalue weighted by Crippen LogP contribution is 2.17. The number of carbonyl (C=O) groups excluding carboxylic acids is 2. The quantitative estimate of drug-likeness (QED) is 0.645. The summed E-state index contributed by atoms with van der Waals surface area (Å²) in [5.74, 6) is 0.960. The summed E-state index contributed by atoms with van der Waals surface area (Å²) in [6, 6.07) is 3.90. The third-order valence-corrected chi connectivity index (χ3v) is 3.59. The van der Waals surface area contributed by atoms with Crippen LogP contribution in [0, 0.1) is 0 Å². The molecular weight excluding hydrogens is 270 g/mol. The van der Waals surface area contributed by atoms with Crippen LogP contribution in [-0.4, -0.2) is 25.0 Å². The maximum absolute atomic E-state index is 11.7. The number of nitrogens with one attached hydrogen (secondary N) is 1. The molecule has 0 aromatic carbocycles. The van der Waals surface area contributed by atoms with Gasteiger partial charge in [0.05, 0.1) is 13.5 Å². The van der Waals surface area contributed by atoms with E-state index in [1.54, 1.807) is 18.2 Å². The minimum atomic E-state index is -0.264. The highest BCUT2D eigenvalue weighted by atomic mass is 16.5. The van der Waals surface area contributed by atoms with E-state index in [0.29, 0.717) is 24.0 Å². The van der Waals surface area contributed by atoms with Gasteiger partial charge in [0.2, 0.25) is 5.91 Å². The standard InChI is InChI=1S/C16H21NO4/c1-20-16(19)11-9-14-7-6-13(21-14)8-10-15(18)17-12-4-2-3-5-12/h6-8,10,12H,2-5,9,11H2,1H3,(H,17,18)/b10-8+. The van der Waals surface area contributed by atoms with Gasteiger partial charge < -0.3 is 14.5 Å². The van der Waals surface area contributed by atoms with Crippen LogP contribution in [0.25, 0.3) is 6.08 Å². The van der Waals surface area contributed by atoms with Crippen molar-refractivity contribution in [2.45, 2.75) is 44.6 Å². The van der Waals surface area contributed by atoms with Crippen molar-refractivity contribution in [2.24, 2.45) is 0 Å². The van der Waals surface area contributed by atoms with E-state index in [0.717, 1.165) is 12.8 Å². The molecule has 1 amide bonds. The molecule has 1 aliphatic carbocycles. The van der Waals surface area contributed by atoms with Gasteiger partial charge >= 0.3 is 5.97 Å². The van der Waals surface area contributed by atoms with Gasteiger partial charge in [-0.1, -0.05) is 12.8 Å². The fourth-order valence-corrected chi connectivity index (χ4v) is 2.42. The number of hydrogen-bond acceptors (Lipinski definition) is 4. The Bertz CT molecular complexity index is 512. The second kappa shape index (κ2) is 7.67. The minimum absolute atomic E-state index is 0.0885. The molecule has 0 radical (unpaired) electrons. The Morgan fingerprint density at radius 3 is 2.86 bits per heavy atom. The number of amides is 1. The van der Waals surface area contributed by atoms with Crippen molar-refractivity contribution in [2.75, 3.05) is 7.11 Å². The smallest absolute Gasteiger partial charge is 0.305 e. The van der Waals surface area contributed by atoms with E-state index in [9.17, 15) is 9.59 Å². The molecule has 0 unspecified atom stereocenters. The van der Waals surface area contributed by atoms with Crippen LogP contribution in [0.15, 0.2) is 22.6 Å². The van der Waals surface area contributed by atoms with Crippen molar-refractivity contribution in [1.82, 2.24) is 5.32 Å². The van der Waals surface area contributed by atoms with Gasteiger partial charge in [-0.2, -0.15) is 0 Å². The molecule has 1 fully saturated rings. The number of ether oxygens (including phenoxy) is 1. The molecule has 2 rings (SSSR count). The van der Waals surface area contributed by atoms with E-state index in [1.165, 1.54) is 26.0 Å². The Balaban J connectivity index is 1.79. The highest BCUT2D eigenvalue weighted by Gasteiger charge is 2.15. The fraction of sp³-hybridized carbons (Fsp3) is 0.500. The lowest BCUT2D eigenvalue weighted by molar-refractivity contribution is -0.140. The zero-order valence-electron chi connectivity index (χ0n) is 12.3. The Morgan fingerprint density at radius 1 is 1.38 bits per heavy atom. The first-order valence-electron chi connectivity index (χ1n) is 7.31. The lowest BCUT2D eigenvalue weighted by Gasteiger charge is -2.08. The lowest BCUT2D eigenvalue weighted by atomic mass is 10.2. The number of carbonyl (C=O) groups is 2. The number of esters is 1. The predicted octanol–water partition coefficient (Wildman–Crippen LogP) is 2.46. The topological polar surface area (TPSA) is 68.5 Å². The number of rotatable bonds is 6. The van der Waals surface area contributed by atoms with Crippen molar-refractivity contribution >= 4 is 18.0 Å². The Hall–Kier alpha value is -2.04. The first kappa shape index (κ1) is 15.4. The number of hydrogen-bond donors (Lipinski definition) is 1. The lowest BCUT2D eigenvalue weighted by Crippen LogP contribution is -2.30. The molecule has 1 heterocycles. The summed E-state index contributed by atoms with van der Waals surface area (Å²) in [6.45, 7) is 0. The molecule has 0 aliphatic heterocycles. The average Bonchev–Trinajstić information content (AvgIpc) is 3.14. The second-order valence-corrected chi connectivity index (χ2v) is 5.20. The van der Waals surface area contributed by atoms with E-state index in [1.807, 2.05) is 0 Å². The normalized spacial score (nSPS) is 15.5. The molecule has 5 heteroatoms. The SMILES string of the molecule is COC(=O)CCc1ccc(/C=C/C(=O)NC2CCCC2)o1. The van der Waals surface area contributed by atoms with Gasteiger partial charge in [0.1, 0.15) is 11.5 Å². The van der Waals surface area contributed by atoms with Crippen LogP contribution >= 0.6 is 0 Å². The summed E-state index contributed by atoms with van der Waals surface area (Å²) in [6.07, 6.45) is 8.43. The molecule has 1 aromatic heterocycles. The molecule has 0 spiro atoms. The van der Waals surface area contributed by atoms with E-state index in [2.05, 4.69) is 10.1 Å². The van der Waals surface area contributed by atoms with E-state index in [-0.39, 0.29) is 18.3 Å². The highest BCUT2D eigenvalue weighted by molar-refractivity contribution is 5.91. The van der Waals surface area contributed by atoms with Crippen LogP contribution < -0.4 is 5.32 Å². The van der Waals surface area contributed by atoms with Crippen LogP contribution in [0.5, 0.6) is 0 Å². The van der Waals surface area contributed by atoms with E-state index >= 15 is 0 Å². The third-order valence-electron chi connectivity index (χ3n) is 3.59. The average molecular weight is 291 g/mol. The van der Waals surface area contributed by atoms with Gasteiger partial charge in [0.15, 0.2) is 0 Å². The minimum Gasteiger partial charge on any atom is -0.469 e. The zero-order chi connectivity index (χ0) is 15.1. The molecule has 1 aliphatic rings. The number of aryl methyl sites for hydroxylation is 1. The Labute approximate surface area is 124 Å². The summed E-state index contributed by atoms with van der Waals surface area (Å²) in [5, 5.41) is 2.98. The molecule has 1 saturated carbocycles. The molecule has 114 valence electrons. The molecule has 5 nitrogen and oxygen atoms in total. The van der Waals surface area contributed by atoms with E-state index in [4.69, 9.17) is 4.42 Å². The largest absolute Gasteiger partial charge is 0.469 e. The molecule has 21 heavy (non-hydrogen) atoms. The summed E-state index contributed by atoms with van der Waals surface area (Å²) >= 11 is 0. The maximum Gasteiger partial charge on any atom is 0.305 e. The summed E-state index contributed by atoms with van der Waals surface area (Å²) in [5.41, 5.74) is 0. The molecule has 0 saturated heterocycles. The van der Waals surface area contributed by atoms with Crippen molar-refractivity contribution in [1.29, 1.82) is 0 Å². The molecule has 1 N–H and O–H groups in total. The van der Waals surface area contributed by atoms with Gasteiger partial charge in [-0.25, -0.2) is 0 Å². The van der Waals surface area contributed by atoms with Gasteiger partial charge in [0.25, 0.3) is 0 Å². The summed E-state index contributed by atoms with van der Waals surface area (Å²) in [7, 11) is 1.36. The van der Waals surface area contributed by atoms with Crippen molar-refractivity contribution in [3.63, 3.8) is 0 Å². The fourth-order valence-electron chi connectivity index (χ4n) is 2.42.